The van der Waals surface area contributed by atoms with Gasteiger partial charge >= 0.3 is 0 Å². The average Bonchev–Trinajstić information content (AvgIpc) is 2.04. The van der Waals surface area contributed by atoms with Crippen LogP contribution in [0.4, 0.5) is 0 Å². The second kappa shape index (κ2) is 5.87. The third kappa shape index (κ3) is 4.10. The van der Waals surface area contributed by atoms with Gasteiger partial charge in [0.1, 0.15) is 0 Å². The standard InChI is InChI=1S/C7H17N3O2S.ClH/c8-4-1-7-2-5-10(6-3-7)13(9,11)12;/h7H,1-6,8H2,(H2,9,11,12);1H. The number of rotatable bonds is 3. The van der Waals surface area contributed by atoms with Crippen LogP contribution in [0.1, 0.15) is 19.3 Å². The topological polar surface area (TPSA) is 89.4 Å². The second-order valence-electron chi connectivity index (χ2n) is 3.46. The molecule has 0 radical (unpaired) electrons. The number of hydrogen-bond donors (Lipinski definition) is 2. The molecule has 86 valence electrons. The molecule has 1 saturated heterocycles. The lowest BCUT2D eigenvalue weighted by molar-refractivity contribution is 0.266. The summed E-state index contributed by atoms with van der Waals surface area (Å²) >= 11 is 0. The van der Waals surface area contributed by atoms with Gasteiger partial charge in [0.05, 0.1) is 0 Å². The first-order valence-electron chi connectivity index (χ1n) is 4.52. The summed E-state index contributed by atoms with van der Waals surface area (Å²) in [6, 6.07) is 0. The van der Waals surface area contributed by atoms with Crippen LogP contribution in [0, 0.1) is 5.92 Å². The molecule has 0 unspecified atom stereocenters. The fourth-order valence-corrected chi connectivity index (χ4v) is 2.41. The maximum atomic E-state index is 10.9. The highest BCUT2D eigenvalue weighted by Gasteiger charge is 2.24. The predicted molar refractivity (Wildman–Crippen MR) is 58.3 cm³/mol. The van der Waals surface area contributed by atoms with Crippen LogP contribution in [0.2, 0.25) is 0 Å². The first-order chi connectivity index (χ1) is 6.04. The third-order valence-corrected chi connectivity index (χ3v) is 3.59. The van der Waals surface area contributed by atoms with Crippen molar-refractivity contribution in [3.05, 3.63) is 0 Å². The van der Waals surface area contributed by atoms with Gasteiger partial charge in [0.15, 0.2) is 0 Å². The van der Waals surface area contributed by atoms with E-state index in [2.05, 4.69) is 0 Å². The molecular weight excluding hydrogens is 226 g/mol. The molecule has 0 saturated carbocycles. The van der Waals surface area contributed by atoms with Gasteiger partial charge in [-0.05, 0) is 31.7 Å². The Morgan fingerprint density at radius 2 is 1.79 bits per heavy atom. The lowest BCUT2D eigenvalue weighted by atomic mass is 9.95. The number of nitrogens with zero attached hydrogens (tertiary/aromatic N) is 1. The van der Waals surface area contributed by atoms with Crippen LogP contribution in [0.3, 0.4) is 0 Å². The Morgan fingerprint density at radius 3 is 2.14 bits per heavy atom. The Morgan fingerprint density at radius 1 is 1.29 bits per heavy atom. The SMILES string of the molecule is Cl.NCCC1CCN(S(N)(=O)=O)CC1. The van der Waals surface area contributed by atoms with Gasteiger partial charge in [0.25, 0.3) is 10.2 Å². The summed E-state index contributed by atoms with van der Waals surface area (Å²) in [5.41, 5.74) is 5.42. The number of hydrogen-bond acceptors (Lipinski definition) is 3. The molecule has 0 atom stereocenters. The number of nitrogens with two attached hydrogens (primary N) is 2. The molecule has 0 aromatic heterocycles. The van der Waals surface area contributed by atoms with Crippen LogP contribution >= 0.6 is 12.4 Å². The Labute approximate surface area is 91.4 Å². The van der Waals surface area contributed by atoms with Crippen molar-refractivity contribution < 1.29 is 8.42 Å². The highest BCUT2D eigenvalue weighted by atomic mass is 35.5. The Hall–Kier alpha value is 0.120. The summed E-state index contributed by atoms with van der Waals surface area (Å²) in [7, 11) is -3.46. The molecule has 1 heterocycles. The minimum Gasteiger partial charge on any atom is -0.330 e. The van der Waals surface area contributed by atoms with Crippen LogP contribution in [0.5, 0.6) is 0 Å². The summed E-state index contributed by atoms with van der Waals surface area (Å²) in [5, 5.41) is 5.00. The van der Waals surface area contributed by atoms with E-state index in [9.17, 15) is 8.42 Å². The molecule has 14 heavy (non-hydrogen) atoms. The van der Waals surface area contributed by atoms with Gasteiger partial charge in [-0.3, -0.25) is 0 Å². The van der Waals surface area contributed by atoms with Crippen LogP contribution in [0.15, 0.2) is 0 Å². The summed E-state index contributed by atoms with van der Waals surface area (Å²) in [4.78, 5) is 0. The van der Waals surface area contributed by atoms with Gasteiger partial charge in [0, 0.05) is 13.1 Å². The van der Waals surface area contributed by atoms with Crippen LogP contribution < -0.4 is 10.9 Å². The van der Waals surface area contributed by atoms with Gasteiger partial charge in [0.2, 0.25) is 0 Å². The molecule has 0 aromatic rings. The van der Waals surface area contributed by atoms with E-state index >= 15 is 0 Å². The van der Waals surface area contributed by atoms with Crippen molar-refractivity contribution in [2.24, 2.45) is 16.8 Å². The van der Waals surface area contributed by atoms with Crippen molar-refractivity contribution >= 4 is 22.6 Å². The van der Waals surface area contributed by atoms with Crippen molar-refractivity contribution in [3.63, 3.8) is 0 Å². The van der Waals surface area contributed by atoms with E-state index in [4.69, 9.17) is 10.9 Å². The summed E-state index contributed by atoms with van der Waals surface area (Å²) in [6.45, 7) is 1.77. The van der Waals surface area contributed by atoms with E-state index in [-0.39, 0.29) is 12.4 Å². The first-order valence-corrected chi connectivity index (χ1v) is 6.02. The first kappa shape index (κ1) is 14.1. The molecule has 1 rings (SSSR count). The second-order valence-corrected chi connectivity index (χ2v) is 5.01. The number of halogens is 1. The van der Waals surface area contributed by atoms with Crippen LogP contribution in [-0.2, 0) is 10.2 Å². The van der Waals surface area contributed by atoms with Crippen molar-refractivity contribution in [2.45, 2.75) is 19.3 Å². The molecule has 4 N–H and O–H groups in total. The smallest absolute Gasteiger partial charge is 0.276 e. The fourth-order valence-electron chi connectivity index (χ4n) is 1.69. The van der Waals surface area contributed by atoms with E-state index < -0.39 is 10.2 Å². The van der Waals surface area contributed by atoms with Gasteiger partial charge in [-0.1, -0.05) is 0 Å². The van der Waals surface area contributed by atoms with Crippen molar-refractivity contribution in [1.82, 2.24) is 4.31 Å². The van der Waals surface area contributed by atoms with Gasteiger partial charge in [-0.25, -0.2) is 5.14 Å². The predicted octanol–water partition coefficient (Wildman–Crippen LogP) is -0.327. The van der Waals surface area contributed by atoms with Crippen LogP contribution in [0.25, 0.3) is 0 Å². The third-order valence-electron chi connectivity index (χ3n) is 2.51. The Kier molecular flexibility index (Phi) is 5.92. The fraction of sp³-hybridized carbons (Fsp3) is 1.00. The molecule has 0 aliphatic carbocycles. The van der Waals surface area contributed by atoms with E-state index in [0.29, 0.717) is 25.6 Å². The zero-order valence-corrected chi connectivity index (χ0v) is 9.69. The Bertz CT molecular complexity index is 250. The van der Waals surface area contributed by atoms with E-state index in [1.807, 2.05) is 0 Å². The molecule has 5 nitrogen and oxygen atoms in total. The quantitative estimate of drug-likeness (QED) is 0.712. The highest BCUT2D eigenvalue weighted by molar-refractivity contribution is 7.86. The van der Waals surface area contributed by atoms with E-state index in [1.165, 1.54) is 4.31 Å². The van der Waals surface area contributed by atoms with Crippen molar-refractivity contribution in [1.29, 1.82) is 0 Å². The lowest BCUT2D eigenvalue weighted by Crippen LogP contribution is -2.42. The summed E-state index contributed by atoms with van der Waals surface area (Å²) in [5.74, 6) is 0.572. The molecule has 7 heteroatoms. The highest BCUT2D eigenvalue weighted by Crippen LogP contribution is 2.20. The molecule has 1 aliphatic heterocycles. The minimum atomic E-state index is -3.46. The molecule has 0 amide bonds. The van der Waals surface area contributed by atoms with Crippen LogP contribution in [-0.4, -0.2) is 32.4 Å². The van der Waals surface area contributed by atoms with E-state index in [0.717, 1.165) is 19.3 Å². The van der Waals surface area contributed by atoms with E-state index in [1.54, 1.807) is 0 Å². The molecular formula is C7H18ClN3O2S. The molecule has 0 spiro atoms. The van der Waals surface area contributed by atoms with Gasteiger partial charge in [-0.2, -0.15) is 12.7 Å². The number of piperidine rings is 1. The maximum absolute atomic E-state index is 10.9. The van der Waals surface area contributed by atoms with Crippen molar-refractivity contribution in [3.8, 4) is 0 Å². The largest absolute Gasteiger partial charge is 0.330 e. The lowest BCUT2D eigenvalue weighted by Gasteiger charge is -2.29. The minimum absolute atomic E-state index is 0. The molecule has 1 fully saturated rings. The zero-order valence-electron chi connectivity index (χ0n) is 8.05. The monoisotopic (exact) mass is 243 g/mol. The van der Waals surface area contributed by atoms with Gasteiger partial charge in [-0.15, -0.1) is 12.4 Å². The molecule has 0 bridgehead atoms. The Balaban J connectivity index is 0.00000169. The summed E-state index contributed by atoms with van der Waals surface area (Å²) in [6.07, 6.45) is 2.75. The maximum Gasteiger partial charge on any atom is 0.276 e. The molecule has 1 aliphatic rings. The zero-order chi connectivity index (χ0) is 9.90. The summed E-state index contributed by atoms with van der Waals surface area (Å²) < 4.78 is 23.2. The van der Waals surface area contributed by atoms with Crippen molar-refractivity contribution in [2.75, 3.05) is 19.6 Å². The average molecular weight is 244 g/mol. The van der Waals surface area contributed by atoms with Gasteiger partial charge < -0.3 is 5.73 Å². The normalized spacial score (nSPS) is 20.4. The molecule has 0 aromatic carbocycles.